The topological polar surface area (TPSA) is 29.1 Å². The maximum absolute atomic E-state index is 11.9. The summed E-state index contributed by atoms with van der Waals surface area (Å²) >= 11 is 0. The van der Waals surface area contributed by atoms with Crippen LogP contribution in [0.15, 0.2) is 0 Å². The van der Waals surface area contributed by atoms with E-state index in [1.165, 1.54) is 0 Å². The highest BCUT2D eigenvalue weighted by Gasteiger charge is 2.40. The second-order valence-electron chi connectivity index (χ2n) is 3.94. The molecule has 0 unspecified atom stereocenters. The lowest BCUT2D eigenvalue weighted by atomic mass is 9.87. The van der Waals surface area contributed by atoms with E-state index >= 15 is 0 Å². The van der Waals surface area contributed by atoms with Gasteiger partial charge in [0.05, 0.1) is 0 Å². The fourth-order valence-electron chi connectivity index (χ4n) is 1.83. The summed E-state index contributed by atoms with van der Waals surface area (Å²) in [5, 5.41) is 2.03. The minimum atomic E-state index is -4.75. The minimum absolute atomic E-state index is 0.298. The highest BCUT2D eigenvalue weighted by Crippen LogP contribution is 2.24. The third kappa shape index (κ3) is 3.20. The lowest BCUT2D eigenvalue weighted by Gasteiger charge is -2.27. The molecule has 1 rings (SSSR count). The second kappa shape index (κ2) is 4.19. The smallest absolute Gasteiger partial charge is 0.346 e. The Balaban J connectivity index is 2.40. The van der Waals surface area contributed by atoms with Gasteiger partial charge in [-0.05, 0) is 18.8 Å². The highest BCUT2D eigenvalue weighted by molar-refractivity contribution is 5.81. The zero-order valence-corrected chi connectivity index (χ0v) is 8.03. The number of hydrogen-bond donors (Lipinski definition) is 1. The van der Waals surface area contributed by atoms with E-state index in [1.807, 2.05) is 12.2 Å². The molecule has 0 aromatic carbocycles. The molecule has 0 aliphatic heterocycles. The van der Waals surface area contributed by atoms with Gasteiger partial charge in [-0.2, -0.15) is 13.2 Å². The number of amides is 1. The normalized spacial score (nSPS) is 28.6. The van der Waals surface area contributed by atoms with E-state index in [0.717, 1.165) is 12.8 Å². The van der Waals surface area contributed by atoms with Gasteiger partial charge in [0, 0.05) is 6.04 Å². The molecular formula is C9H14F3NO. The molecule has 5 heteroatoms. The van der Waals surface area contributed by atoms with Gasteiger partial charge >= 0.3 is 12.1 Å². The van der Waals surface area contributed by atoms with Crippen LogP contribution in [0, 0.1) is 5.92 Å². The molecule has 2 atom stereocenters. The van der Waals surface area contributed by atoms with Crippen LogP contribution in [0.1, 0.15) is 32.6 Å². The quantitative estimate of drug-likeness (QED) is 0.705. The van der Waals surface area contributed by atoms with Crippen molar-refractivity contribution in [3.63, 3.8) is 0 Å². The molecule has 1 amide bonds. The van der Waals surface area contributed by atoms with E-state index < -0.39 is 12.1 Å². The summed E-state index contributed by atoms with van der Waals surface area (Å²) in [7, 11) is 0. The Morgan fingerprint density at radius 1 is 1.36 bits per heavy atom. The third-order valence-corrected chi connectivity index (χ3v) is 2.53. The van der Waals surface area contributed by atoms with E-state index in [0.29, 0.717) is 18.8 Å². The van der Waals surface area contributed by atoms with Gasteiger partial charge in [-0.25, -0.2) is 0 Å². The molecule has 0 radical (unpaired) electrons. The summed E-state index contributed by atoms with van der Waals surface area (Å²) in [5.74, 6) is -1.40. The molecule has 0 heterocycles. The standard InChI is InChI=1S/C9H14F3NO/c1-6-3-2-4-7(5-6)13-8(14)9(10,11)12/h6-7H,2-5H2,1H3,(H,13,14)/t6-,7-/m1/s1. The van der Waals surface area contributed by atoms with Crippen LogP contribution < -0.4 is 5.32 Å². The van der Waals surface area contributed by atoms with Gasteiger partial charge in [0.15, 0.2) is 0 Å². The Kier molecular flexibility index (Phi) is 3.39. The van der Waals surface area contributed by atoms with Crippen molar-refractivity contribution in [3.8, 4) is 0 Å². The van der Waals surface area contributed by atoms with Crippen LogP contribution in [0.4, 0.5) is 13.2 Å². The van der Waals surface area contributed by atoms with E-state index in [2.05, 4.69) is 0 Å². The molecule has 0 bridgehead atoms. The summed E-state index contributed by atoms with van der Waals surface area (Å²) in [6.45, 7) is 1.99. The van der Waals surface area contributed by atoms with Crippen molar-refractivity contribution in [2.75, 3.05) is 0 Å². The van der Waals surface area contributed by atoms with Gasteiger partial charge in [-0.15, -0.1) is 0 Å². The third-order valence-electron chi connectivity index (χ3n) is 2.53. The van der Waals surface area contributed by atoms with Crippen molar-refractivity contribution in [1.29, 1.82) is 0 Å². The molecule has 0 saturated heterocycles. The van der Waals surface area contributed by atoms with Crippen molar-refractivity contribution in [2.45, 2.75) is 44.8 Å². The Morgan fingerprint density at radius 2 is 2.00 bits per heavy atom. The number of rotatable bonds is 1. The number of halogens is 3. The van der Waals surface area contributed by atoms with Gasteiger partial charge < -0.3 is 5.32 Å². The predicted octanol–water partition coefficient (Wildman–Crippen LogP) is 2.24. The second-order valence-corrected chi connectivity index (χ2v) is 3.94. The van der Waals surface area contributed by atoms with E-state index in [9.17, 15) is 18.0 Å². The van der Waals surface area contributed by atoms with Crippen LogP contribution in [0.5, 0.6) is 0 Å². The zero-order chi connectivity index (χ0) is 10.8. The van der Waals surface area contributed by atoms with Crippen LogP contribution in [0.25, 0.3) is 0 Å². The molecule has 1 aliphatic carbocycles. The highest BCUT2D eigenvalue weighted by atomic mass is 19.4. The molecule has 0 aromatic rings. The fourth-order valence-corrected chi connectivity index (χ4v) is 1.83. The molecule has 2 nitrogen and oxygen atoms in total. The average Bonchev–Trinajstić information content (AvgIpc) is 2.02. The van der Waals surface area contributed by atoms with Crippen LogP contribution in [-0.2, 0) is 4.79 Å². The van der Waals surface area contributed by atoms with Crippen LogP contribution in [-0.4, -0.2) is 18.1 Å². The summed E-state index contributed by atoms with van der Waals surface area (Å²) in [4.78, 5) is 10.6. The molecule has 0 aromatic heterocycles. The average molecular weight is 209 g/mol. The Morgan fingerprint density at radius 3 is 2.50 bits per heavy atom. The minimum Gasteiger partial charge on any atom is -0.346 e. The molecule has 1 fully saturated rings. The van der Waals surface area contributed by atoms with Crippen LogP contribution in [0.3, 0.4) is 0 Å². The Bertz CT molecular complexity index is 215. The van der Waals surface area contributed by atoms with E-state index in [-0.39, 0.29) is 6.04 Å². The number of alkyl halides is 3. The largest absolute Gasteiger partial charge is 0.471 e. The van der Waals surface area contributed by atoms with Crippen molar-refractivity contribution < 1.29 is 18.0 Å². The molecule has 1 aliphatic rings. The first-order valence-corrected chi connectivity index (χ1v) is 4.77. The monoisotopic (exact) mass is 209 g/mol. The summed E-state index contributed by atoms with van der Waals surface area (Å²) in [5.41, 5.74) is 0. The summed E-state index contributed by atoms with van der Waals surface area (Å²) < 4.78 is 35.7. The first-order valence-electron chi connectivity index (χ1n) is 4.77. The van der Waals surface area contributed by atoms with Gasteiger partial charge in [-0.3, -0.25) is 4.79 Å². The zero-order valence-electron chi connectivity index (χ0n) is 8.03. The maximum Gasteiger partial charge on any atom is 0.471 e. The SMILES string of the molecule is C[C@@H]1CCC[C@@H](NC(=O)C(F)(F)F)C1. The predicted molar refractivity (Wildman–Crippen MR) is 45.6 cm³/mol. The number of carbonyl (C=O) groups is 1. The summed E-state index contributed by atoms with van der Waals surface area (Å²) in [6, 6.07) is -0.298. The van der Waals surface area contributed by atoms with Crippen LogP contribution >= 0.6 is 0 Å². The Labute approximate surface area is 80.9 Å². The molecule has 1 saturated carbocycles. The molecule has 82 valence electrons. The first kappa shape index (κ1) is 11.3. The first-order chi connectivity index (χ1) is 6.39. The molecule has 0 spiro atoms. The lowest BCUT2D eigenvalue weighted by molar-refractivity contribution is -0.174. The van der Waals surface area contributed by atoms with Crippen molar-refractivity contribution >= 4 is 5.91 Å². The van der Waals surface area contributed by atoms with Gasteiger partial charge in [0.1, 0.15) is 0 Å². The van der Waals surface area contributed by atoms with E-state index in [4.69, 9.17) is 0 Å². The van der Waals surface area contributed by atoms with Gasteiger partial charge in [0.2, 0.25) is 0 Å². The van der Waals surface area contributed by atoms with Crippen molar-refractivity contribution in [1.82, 2.24) is 5.32 Å². The molecule has 14 heavy (non-hydrogen) atoms. The number of nitrogens with one attached hydrogen (secondary N) is 1. The van der Waals surface area contributed by atoms with Gasteiger partial charge in [-0.1, -0.05) is 19.8 Å². The van der Waals surface area contributed by atoms with Crippen molar-refractivity contribution in [3.05, 3.63) is 0 Å². The Hall–Kier alpha value is -0.740. The number of hydrogen-bond acceptors (Lipinski definition) is 1. The maximum atomic E-state index is 11.9. The van der Waals surface area contributed by atoms with Gasteiger partial charge in [0.25, 0.3) is 0 Å². The molecule has 1 N–H and O–H groups in total. The van der Waals surface area contributed by atoms with Crippen LogP contribution in [0.2, 0.25) is 0 Å². The number of carbonyl (C=O) groups excluding carboxylic acids is 1. The van der Waals surface area contributed by atoms with Crippen molar-refractivity contribution in [2.24, 2.45) is 5.92 Å². The molecular weight excluding hydrogens is 195 g/mol. The fraction of sp³-hybridized carbons (Fsp3) is 0.889. The summed E-state index contributed by atoms with van der Waals surface area (Å²) in [6.07, 6.45) is -1.50. The van der Waals surface area contributed by atoms with E-state index in [1.54, 1.807) is 0 Å². The lowest BCUT2D eigenvalue weighted by Crippen LogP contribution is -2.44.